The van der Waals surface area contributed by atoms with Crippen LogP contribution in [0.4, 0.5) is 0 Å². The molecule has 2 fully saturated rings. The quantitative estimate of drug-likeness (QED) is 0.769. The van der Waals surface area contributed by atoms with Crippen molar-refractivity contribution in [2.45, 2.75) is 37.6 Å². The van der Waals surface area contributed by atoms with Gasteiger partial charge in [0.15, 0.2) is 0 Å². The molecular formula is C11H17N5O. The number of hydrogen-bond acceptors (Lipinski definition) is 4. The van der Waals surface area contributed by atoms with Gasteiger partial charge in [-0.3, -0.25) is 9.89 Å². The second-order valence-electron chi connectivity index (χ2n) is 4.97. The summed E-state index contributed by atoms with van der Waals surface area (Å²) >= 11 is 0. The molecule has 1 aromatic rings. The van der Waals surface area contributed by atoms with Crippen molar-refractivity contribution in [1.29, 1.82) is 0 Å². The first-order chi connectivity index (χ1) is 8.24. The predicted octanol–water partition coefficient (Wildman–Crippen LogP) is 0.245. The minimum Gasteiger partial charge on any atom is -0.334 e. The number of rotatable bonds is 2. The fourth-order valence-electron chi connectivity index (χ4n) is 2.25. The van der Waals surface area contributed by atoms with Crippen molar-refractivity contribution in [3.05, 3.63) is 11.6 Å². The van der Waals surface area contributed by atoms with Gasteiger partial charge in [0.05, 0.1) is 0 Å². The number of likely N-dealkylation sites (tertiary alicyclic amines) is 1. The predicted molar refractivity (Wildman–Crippen MR) is 61.5 cm³/mol. The number of nitrogens with one attached hydrogen (secondary N) is 1. The summed E-state index contributed by atoms with van der Waals surface area (Å²) < 4.78 is 0. The SMILES string of the molecule is NC1CCCN(C(=O)c2n[nH]c(C3CC3)n2)C1. The molecular weight excluding hydrogens is 218 g/mol. The Kier molecular flexibility index (Phi) is 2.58. The van der Waals surface area contributed by atoms with E-state index in [1.165, 1.54) is 0 Å². The fraction of sp³-hybridized carbons (Fsp3) is 0.727. The first-order valence-electron chi connectivity index (χ1n) is 6.21. The lowest BCUT2D eigenvalue weighted by Crippen LogP contribution is -2.46. The number of H-pyrrole nitrogens is 1. The van der Waals surface area contributed by atoms with Crippen molar-refractivity contribution in [3.63, 3.8) is 0 Å². The maximum absolute atomic E-state index is 12.1. The van der Waals surface area contributed by atoms with Gasteiger partial charge in [0.2, 0.25) is 5.82 Å². The van der Waals surface area contributed by atoms with Crippen molar-refractivity contribution in [2.75, 3.05) is 13.1 Å². The van der Waals surface area contributed by atoms with E-state index >= 15 is 0 Å². The van der Waals surface area contributed by atoms with Gasteiger partial charge in [-0.05, 0) is 25.7 Å². The van der Waals surface area contributed by atoms with E-state index in [0.29, 0.717) is 18.3 Å². The standard InChI is InChI=1S/C11H17N5O/c12-8-2-1-5-16(6-8)11(17)10-13-9(14-15-10)7-3-4-7/h7-8H,1-6,12H2,(H,13,14,15). The normalized spacial score (nSPS) is 25.0. The lowest BCUT2D eigenvalue weighted by molar-refractivity contribution is 0.0697. The van der Waals surface area contributed by atoms with Crippen molar-refractivity contribution in [3.8, 4) is 0 Å². The molecule has 1 saturated carbocycles. The smallest absolute Gasteiger partial charge is 0.293 e. The van der Waals surface area contributed by atoms with Crippen LogP contribution in [0.2, 0.25) is 0 Å². The van der Waals surface area contributed by atoms with E-state index < -0.39 is 0 Å². The number of aromatic nitrogens is 3. The summed E-state index contributed by atoms with van der Waals surface area (Å²) in [6.45, 7) is 1.38. The summed E-state index contributed by atoms with van der Waals surface area (Å²) in [6.07, 6.45) is 4.26. The van der Waals surface area contributed by atoms with Crippen molar-refractivity contribution in [2.24, 2.45) is 5.73 Å². The molecule has 1 aromatic heterocycles. The molecule has 2 aliphatic rings. The Morgan fingerprint density at radius 3 is 2.94 bits per heavy atom. The fourth-order valence-corrected chi connectivity index (χ4v) is 2.25. The van der Waals surface area contributed by atoms with Crippen LogP contribution in [0.5, 0.6) is 0 Å². The monoisotopic (exact) mass is 235 g/mol. The zero-order valence-electron chi connectivity index (χ0n) is 9.72. The molecule has 6 heteroatoms. The highest BCUT2D eigenvalue weighted by Gasteiger charge is 2.30. The van der Waals surface area contributed by atoms with E-state index in [4.69, 9.17) is 5.73 Å². The number of carbonyl (C=O) groups is 1. The van der Waals surface area contributed by atoms with E-state index in [0.717, 1.165) is 38.1 Å². The van der Waals surface area contributed by atoms with E-state index in [-0.39, 0.29) is 11.9 Å². The van der Waals surface area contributed by atoms with Crippen LogP contribution in [0.3, 0.4) is 0 Å². The molecule has 0 radical (unpaired) electrons. The van der Waals surface area contributed by atoms with Gasteiger partial charge in [-0.2, -0.15) is 0 Å². The van der Waals surface area contributed by atoms with Gasteiger partial charge in [0.1, 0.15) is 5.82 Å². The maximum Gasteiger partial charge on any atom is 0.293 e. The second kappa shape index (κ2) is 4.10. The number of nitrogens with zero attached hydrogens (tertiary/aromatic N) is 3. The molecule has 17 heavy (non-hydrogen) atoms. The van der Waals surface area contributed by atoms with E-state index in [2.05, 4.69) is 15.2 Å². The summed E-state index contributed by atoms with van der Waals surface area (Å²) in [6, 6.07) is 0.0922. The zero-order chi connectivity index (χ0) is 11.8. The molecule has 6 nitrogen and oxygen atoms in total. The summed E-state index contributed by atoms with van der Waals surface area (Å²) in [5.74, 6) is 1.55. The Balaban J connectivity index is 1.71. The lowest BCUT2D eigenvalue weighted by Gasteiger charge is -2.29. The van der Waals surface area contributed by atoms with E-state index in [9.17, 15) is 4.79 Å². The first kappa shape index (κ1) is 10.7. The number of nitrogens with two attached hydrogens (primary N) is 1. The maximum atomic E-state index is 12.1. The summed E-state index contributed by atoms with van der Waals surface area (Å²) in [4.78, 5) is 18.2. The van der Waals surface area contributed by atoms with Gasteiger partial charge in [-0.25, -0.2) is 4.98 Å². The number of hydrogen-bond donors (Lipinski definition) is 2. The molecule has 3 N–H and O–H groups in total. The Labute approximate surface area is 99.6 Å². The summed E-state index contributed by atoms with van der Waals surface area (Å²) in [7, 11) is 0. The van der Waals surface area contributed by atoms with Crippen LogP contribution in [-0.4, -0.2) is 45.1 Å². The largest absolute Gasteiger partial charge is 0.334 e. The van der Waals surface area contributed by atoms with Crippen LogP contribution < -0.4 is 5.73 Å². The zero-order valence-corrected chi connectivity index (χ0v) is 9.72. The molecule has 1 atom stereocenters. The Morgan fingerprint density at radius 2 is 2.24 bits per heavy atom. The minimum absolute atomic E-state index is 0.0922. The minimum atomic E-state index is -0.0942. The Morgan fingerprint density at radius 1 is 1.41 bits per heavy atom. The number of amides is 1. The molecule has 0 aromatic carbocycles. The molecule has 0 spiro atoms. The van der Waals surface area contributed by atoms with Gasteiger partial charge in [0, 0.05) is 25.0 Å². The van der Waals surface area contributed by atoms with Crippen molar-refractivity contribution < 1.29 is 4.79 Å². The van der Waals surface area contributed by atoms with Gasteiger partial charge in [-0.15, -0.1) is 5.10 Å². The highest BCUT2D eigenvalue weighted by Crippen LogP contribution is 2.37. The third-order valence-corrected chi connectivity index (χ3v) is 3.40. The van der Waals surface area contributed by atoms with Gasteiger partial charge in [-0.1, -0.05) is 0 Å². The second-order valence-corrected chi connectivity index (χ2v) is 4.97. The number of piperidine rings is 1. The van der Waals surface area contributed by atoms with Crippen LogP contribution in [-0.2, 0) is 0 Å². The molecule has 1 aliphatic heterocycles. The van der Waals surface area contributed by atoms with Crippen LogP contribution in [0.25, 0.3) is 0 Å². The third-order valence-electron chi connectivity index (χ3n) is 3.40. The molecule has 0 bridgehead atoms. The molecule has 92 valence electrons. The van der Waals surface area contributed by atoms with E-state index in [1.807, 2.05) is 0 Å². The van der Waals surface area contributed by atoms with Gasteiger partial charge >= 0.3 is 0 Å². The summed E-state index contributed by atoms with van der Waals surface area (Å²) in [5.41, 5.74) is 5.86. The highest BCUT2D eigenvalue weighted by atomic mass is 16.2. The average molecular weight is 235 g/mol. The van der Waals surface area contributed by atoms with Crippen LogP contribution in [0.1, 0.15) is 48.0 Å². The molecule has 1 saturated heterocycles. The molecule has 1 amide bonds. The molecule has 1 unspecified atom stereocenters. The van der Waals surface area contributed by atoms with Crippen LogP contribution in [0.15, 0.2) is 0 Å². The van der Waals surface area contributed by atoms with Crippen molar-refractivity contribution >= 4 is 5.91 Å². The number of aromatic amines is 1. The number of carbonyl (C=O) groups excluding carboxylic acids is 1. The summed E-state index contributed by atoms with van der Waals surface area (Å²) in [5, 5.41) is 6.87. The van der Waals surface area contributed by atoms with Gasteiger partial charge < -0.3 is 10.6 Å². The lowest BCUT2D eigenvalue weighted by atomic mass is 10.1. The van der Waals surface area contributed by atoms with Gasteiger partial charge in [0.25, 0.3) is 5.91 Å². The van der Waals surface area contributed by atoms with Crippen molar-refractivity contribution in [1.82, 2.24) is 20.1 Å². The Bertz CT molecular complexity index is 425. The average Bonchev–Trinajstić information content (AvgIpc) is 3.07. The van der Waals surface area contributed by atoms with E-state index in [1.54, 1.807) is 4.90 Å². The highest BCUT2D eigenvalue weighted by molar-refractivity contribution is 5.90. The molecule has 3 rings (SSSR count). The topological polar surface area (TPSA) is 87.9 Å². The van der Waals surface area contributed by atoms with Crippen LogP contribution in [0, 0.1) is 0 Å². The molecule has 1 aliphatic carbocycles. The Hall–Kier alpha value is -1.43. The third kappa shape index (κ3) is 2.17. The first-order valence-corrected chi connectivity index (χ1v) is 6.21. The molecule has 2 heterocycles. The van der Waals surface area contributed by atoms with Crippen LogP contribution >= 0.6 is 0 Å².